The van der Waals surface area contributed by atoms with Crippen LogP contribution in [0.1, 0.15) is 6.92 Å². The Bertz CT molecular complexity index is 540. The van der Waals surface area contributed by atoms with Crippen LogP contribution in [0.4, 0.5) is 9.93 Å². The van der Waals surface area contributed by atoms with Crippen LogP contribution in [0.2, 0.25) is 0 Å². The Kier molecular flexibility index (Phi) is 4.48. The van der Waals surface area contributed by atoms with Gasteiger partial charge in [0.25, 0.3) is 0 Å². The van der Waals surface area contributed by atoms with Crippen molar-refractivity contribution in [3.63, 3.8) is 0 Å². The minimum Gasteiger partial charge on any atom is -0.392 e. The average Bonchev–Trinajstić information content (AvgIpc) is 2.86. The number of nitrogens with one attached hydrogen (secondary N) is 2. The van der Waals surface area contributed by atoms with Crippen molar-refractivity contribution in [2.75, 3.05) is 11.9 Å². The van der Waals surface area contributed by atoms with Gasteiger partial charge in [0.15, 0.2) is 5.13 Å². The summed E-state index contributed by atoms with van der Waals surface area (Å²) in [5.41, 5.74) is 1.84. The Balaban J connectivity index is 1.96. The van der Waals surface area contributed by atoms with E-state index in [1.165, 1.54) is 11.3 Å². The average molecular weight is 277 g/mol. The molecule has 0 spiro atoms. The van der Waals surface area contributed by atoms with Crippen LogP contribution >= 0.6 is 11.3 Å². The molecule has 100 valence electrons. The second-order valence-electron chi connectivity index (χ2n) is 4.09. The third-order valence-electron chi connectivity index (χ3n) is 2.35. The molecule has 1 heterocycles. The minimum absolute atomic E-state index is 0.211. The number of carbonyl (C=O) groups excluding carboxylic acids is 1. The Morgan fingerprint density at radius 1 is 1.42 bits per heavy atom. The van der Waals surface area contributed by atoms with E-state index >= 15 is 0 Å². The molecule has 19 heavy (non-hydrogen) atoms. The van der Waals surface area contributed by atoms with Gasteiger partial charge in [-0.15, -0.1) is 11.3 Å². The number of nitrogens with zero attached hydrogens (tertiary/aromatic N) is 1. The van der Waals surface area contributed by atoms with E-state index in [2.05, 4.69) is 15.6 Å². The first kappa shape index (κ1) is 13.5. The highest BCUT2D eigenvalue weighted by Gasteiger charge is 2.07. The molecule has 5 nitrogen and oxygen atoms in total. The lowest BCUT2D eigenvalue weighted by molar-refractivity contribution is 0.190. The number of hydrogen-bond acceptors (Lipinski definition) is 4. The first-order valence-corrected chi connectivity index (χ1v) is 6.77. The van der Waals surface area contributed by atoms with Crippen LogP contribution in [0.5, 0.6) is 0 Å². The minimum atomic E-state index is -0.568. The summed E-state index contributed by atoms with van der Waals surface area (Å²) in [6.45, 7) is 1.82. The highest BCUT2D eigenvalue weighted by molar-refractivity contribution is 7.14. The summed E-state index contributed by atoms with van der Waals surface area (Å²) in [5, 5.41) is 16.7. The van der Waals surface area contributed by atoms with Crippen LogP contribution in [-0.4, -0.2) is 28.8 Å². The molecule has 2 aromatic rings. The molecular formula is C13H15N3O2S. The molecule has 0 radical (unpaired) electrons. The molecule has 3 N–H and O–H groups in total. The van der Waals surface area contributed by atoms with Crippen molar-refractivity contribution < 1.29 is 9.90 Å². The molecule has 1 aromatic carbocycles. The first-order valence-electron chi connectivity index (χ1n) is 5.89. The fourth-order valence-electron chi connectivity index (χ4n) is 1.45. The molecule has 1 atom stereocenters. The summed E-state index contributed by atoms with van der Waals surface area (Å²) in [5.74, 6) is 0. The van der Waals surface area contributed by atoms with Crippen LogP contribution < -0.4 is 10.6 Å². The number of aliphatic hydroxyl groups excluding tert-OH is 1. The summed E-state index contributed by atoms with van der Waals surface area (Å²) in [4.78, 5) is 15.8. The fraction of sp³-hybridized carbons (Fsp3) is 0.231. The van der Waals surface area contributed by atoms with Gasteiger partial charge in [0.1, 0.15) is 0 Å². The van der Waals surface area contributed by atoms with Crippen molar-refractivity contribution in [3.8, 4) is 11.3 Å². The van der Waals surface area contributed by atoms with Crippen molar-refractivity contribution >= 4 is 22.5 Å². The fourth-order valence-corrected chi connectivity index (χ4v) is 2.17. The number of aromatic nitrogens is 1. The quantitative estimate of drug-likeness (QED) is 0.803. The topological polar surface area (TPSA) is 74.2 Å². The first-order chi connectivity index (χ1) is 9.15. The molecule has 0 aliphatic heterocycles. The predicted octanol–water partition coefficient (Wildman–Crippen LogP) is 2.31. The second kappa shape index (κ2) is 6.31. The number of carbonyl (C=O) groups is 1. The largest absolute Gasteiger partial charge is 0.392 e. The lowest BCUT2D eigenvalue weighted by atomic mass is 10.2. The number of thiazole rings is 1. The number of amides is 2. The zero-order valence-corrected chi connectivity index (χ0v) is 11.3. The van der Waals surface area contributed by atoms with E-state index in [1.807, 2.05) is 35.7 Å². The molecule has 2 rings (SSSR count). The van der Waals surface area contributed by atoms with E-state index < -0.39 is 6.10 Å². The summed E-state index contributed by atoms with van der Waals surface area (Å²) in [6.07, 6.45) is -0.568. The summed E-state index contributed by atoms with van der Waals surface area (Å²) in [7, 11) is 0. The summed E-state index contributed by atoms with van der Waals surface area (Å²) < 4.78 is 0. The van der Waals surface area contributed by atoms with Gasteiger partial charge in [0, 0.05) is 17.5 Å². The SMILES string of the molecule is CC(O)CNC(=O)Nc1nc(-c2ccccc2)cs1. The number of benzene rings is 1. The second-order valence-corrected chi connectivity index (χ2v) is 4.95. The van der Waals surface area contributed by atoms with Crippen molar-refractivity contribution in [2.24, 2.45) is 0 Å². The van der Waals surface area contributed by atoms with Gasteiger partial charge in [-0.2, -0.15) is 0 Å². The number of hydrogen-bond donors (Lipinski definition) is 3. The lowest BCUT2D eigenvalue weighted by Crippen LogP contribution is -2.34. The molecule has 0 aliphatic rings. The maximum Gasteiger partial charge on any atom is 0.321 e. The third-order valence-corrected chi connectivity index (χ3v) is 3.11. The monoisotopic (exact) mass is 277 g/mol. The third kappa shape index (κ3) is 4.04. The van der Waals surface area contributed by atoms with E-state index in [-0.39, 0.29) is 12.6 Å². The van der Waals surface area contributed by atoms with Crippen molar-refractivity contribution in [1.29, 1.82) is 0 Å². The normalized spacial score (nSPS) is 11.9. The molecule has 0 bridgehead atoms. The zero-order chi connectivity index (χ0) is 13.7. The number of anilines is 1. The van der Waals surface area contributed by atoms with Gasteiger partial charge in [0.2, 0.25) is 0 Å². The summed E-state index contributed by atoms with van der Waals surface area (Å²) >= 11 is 1.36. The zero-order valence-electron chi connectivity index (χ0n) is 10.5. The number of rotatable bonds is 4. The molecule has 1 aromatic heterocycles. The maximum atomic E-state index is 11.5. The van der Waals surface area contributed by atoms with Crippen LogP contribution in [-0.2, 0) is 0 Å². The van der Waals surface area contributed by atoms with Crippen LogP contribution in [0, 0.1) is 0 Å². The van der Waals surface area contributed by atoms with E-state index in [9.17, 15) is 4.79 Å². The highest BCUT2D eigenvalue weighted by Crippen LogP contribution is 2.24. The van der Waals surface area contributed by atoms with Crippen LogP contribution in [0.25, 0.3) is 11.3 Å². The molecule has 0 fully saturated rings. The van der Waals surface area contributed by atoms with Crippen molar-refractivity contribution in [3.05, 3.63) is 35.7 Å². The molecule has 6 heteroatoms. The smallest absolute Gasteiger partial charge is 0.321 e. The van der Waals surface area contributed by atoms with E-state index in [0.717, 1.165) is 11.3 Å². The number of aliphatic hydroxyl groups is 1. The number of urea groups is 1. The Morgan fingerprint density at radius 2 is 2.16 bits per heavy atom. The summed E-state index contributed by atoms with van der Waals surface area (Å²) in [6, 6.07) is 9.39. The van der Waals surface area contributed by atoms with Gasteiger partial charge in [-0.25, -0.2) is 9.78 Å². The van der Waals surface area contributed by atoms with Gasteiger partial charge in [-0.05, 0) is 6.92 Å². The van der Waals surface area contributed by atoms with E-state index in [1.54, 1.807) is 6.92 Å². The van der Waals surface area contributed by atoms with Gasteiger partial charge in [0.05, 0.1) is 11.8 Å². The molecule has 0 aliphatic carbocycles. The van der Waals surface area contributed by atoms with Gasteiger partial charge in [-0.3, -0.25) is 5.32 Å². The van der Waals surface area contributed by atoms with Gasteiger partial charge >= 0.3 is 6.03 Å². The van der Waals surface area contributed by atoms with E-state index in [4.69, 9.17) is 5.11 Å². The van der Waals surface area contributed by atoms with Gasteiger partial charge in [-0.1, -0.05) is 30.3 Å². The van der Waals surface area contributed by atoms with Crippen molar-refractivity contribution in [2.45, 2.75) is 13.0 Å². The predicted molar refractivity (Wildman–Crippen MR) is 76.3 cm³/mol. The molecule has 2 amide bonds. The highest BCUT2D eigenvalue weighted by atomic mass is 32.1. The lowest BCUT2D eigenvalue weighted by Gasteiger charge is -2.06. The van der Waals surface area contributed by atoms with E-state index in [0.29, 0.717) is 5.13 Å². The Labute approximate surface area is 115 Å². The maximum absolute atomic E-state index is 11.5. The molecular weight excluding hydrogens is 262 g/mol. The van der Waals surface area contributed by atoms with Crippen molar-refractivity contribution in [1.82, 2.24) is 10.3 Å². The van der Waals surface area contributed by atoms with Crippen LogP contribution in [0.3, 0.4) is 0 Å². The molecule has 0 saturated heterocycles. The van der Waals surface area contributed by atoms with Gasteiger partial charge < -0.3 is 10.4 Å². The molecule has 0 saturated carbocycles. The Morgan fingerprint density at radius 3 is 2.84 bits per heavy atom. The standard InChI is InChI=1S/C13H15N3O2S/c1-9(17)7-14-12(18)16-13-15-11(8-19-13)10-5-3-2-4-6-10/h2-6,8-9,17H,7H2,1H3,(H2,14,15,16,18). The van der Waals surface area contributed by atoms with Crippen LogP contribution in [0.15, 0.2) is 35.7 Å². The Hall–Kier alpha value is -1.92. The molecule has 1 unspecified atom stereocenters.